The Labute approximate surface area is 92.0 Å². The van der Waals surface area contributed by atoms with E-state index in [4.69, 9.17) is 9.84 Å². The van der Waals surface area contributed by atoms with Gasteiger partial charge in [-0.05, 0) is 24.3 Å². The van der Waals surface area contributed by atoms with Crippen LogP contribution < -0.4 is 10.1 Å². The fraction of sp³-hybridized carbons (Fsp3) is 0.364. The number of carboxylic acid groups (broad SMARTS) is 1. The third kappa shape index (κ3) is 2.49. The zero-order valence-electron chi connectivity index (χ0n) is 8.52. The Bertz CT molecular complexity index is 379. The van der Waals surface area contributed by atoms with Crippen LogP contribution in [0.2, 0.25) is 0 Å². The van der Waals surface area contributed by atoms with Crippen molar-refractivity contribution >= 4 is 5.97 Å². The molecule has 2 N–H and O–H groups in total. The topological polar surface area (TPSA) is 58.6 Å². The standard InChI is InChI=1S/C11H12FNO3/c12-7-1-3-8(4-2-7)16-9-5-10(11(14)15)13-6-9/h1-4,9-10,13H,5-6H2,(H,14,15)/t9-,10-/m0/s1. The Balaban J connectivity index is 1.92. The van der Waals surface area contributed by atoms with Gasteiger partial charge in [-0.25, -0.2) is 4.39 Å². The van der Waals surface area contributed by atoms with Crippen molar-refractivity contribution in [2.45, 2.75) is 18.6 Å². The van der Waals surface area contributed by atoms with Gasteiger partial charge < -0.3 is 15.2 Å². The number of carboxylic acids is 1. The number of ether oxygens (including phenoxy) is 1. The third-order valence-corrected chi connectivity index (χ3v) is 2.50. The maximum atomic E-state index is 12.6. The molecule has 1 aliphatic rings. The van der Waals surface area contributed by atoms with Crippen LogP contribution in [0.15, 0.2) is 24.3 Å². The lowest BCUT2D eigenvalue weighted by Crippen LogP contribution is -2.30. The maximum absolute atomic E-state index is 12.6. The molecule has 0 saturated carbocycles. The van der Waals surface area contributed by atoms with Crippen LogP contribution in [0.4, 0.5) is 4.39 Å². The Hall–Kier alpha value is -1.62. The Morgan fingerprint density at radius 3 is 2.69 bits per heavy atom. The van der Waals surface area contributed by atoms with E-state index in [1.165, 1.54) is 24.3 Å². The summed E-state index contributed by atoms with van der Waals surface area (Å²) in [5.74, 6) is -0.634. The zero-order valence-corrected chi connectivity index (χ0v) is 8.52. The van der Waals surface area contributed by atoms with E-state index >= 15 is 0 Å². The summed E-state index contributed by atoms with van der Waals surface area (Å²) in [5.41, 5.74) is 0. The van der Waals surface area contributed by atoms with Crippen molar-refractivity contribution in [1.82, 2.24) is 5.32 Å². The molecule has 1 aromatic carbocycles. The van der Waals surface area contributed by atoms with E-state index in [-0.39, 0.29) is 11.9 Å². The second-order valence-corrected chi connectivity index (χ2v) is 3.73. The van der Waals surface area contributed by atoms with Gasteiger partial charge in [0.25, 0.3) is 0 Å². The Kier molecular flexibility index (Phi) is 3.05. The molecule has 86 valence electrons. The van der Waals surface area contributed by atoms with Crippen LogP contribution in [-0.2, 0) is 4.79 Å². The molecular weight excluding hydrogens is 213 g/mol. The minimum atomic E-state index is -0.870. The summed E-state index contributed by atoms with van der Waals surface area (Å²) in [6.45, 7) is 0.494. The van der Waals surface area contributed by atoms with Crippen molar-refractivity contribution in [2.75, 3.05) is 6.54 Å². The second kappa shape index (κ2) is 4.49. The van der Waals surface area contributed by atoms with Gasteiger partial charge in [0, 0.05) is 13.0 Å². The van der Waals surface area contributed by atoms with Crippen molar-refractivity contribution in [3.8, 4) is 5.75 Å². The lowest BCUT2D eigenvalue weighted by atomic mass is 10.2. The summed E-state index contributed by atoms with van der Waals surface area (Å²) in [4.78, 5) is 10.7. The lowest BCUT2D eigenvalue weighted by Gasteiger charge is -2.12. The first-order chi connectivity index (χ1) is 7.65. The minimum Gasteiger partial charge on any atom is -0.489 e. The normalized spacial score (nSPS) is 24.3. The molecule has 5 heteroatoms. The second-order valence-electron chi connectivity index (χ2n) is 3.73. The lowest BCUT2D eigenvalue weighted by molar-refractivity contribution is -0.139. The van der Waals surface area contributed by atoms with E-state index in [1.807, 2.05) is 0 Å². The van der Waals surface area contributed by atoms with Crippen LogP contribution >= 0.6 is 0 Å². The first-order valence-electron chi connectivity index (χ1n) is 5.03. The largest absolute Gasteiger partial charge is 0.489 e. The fourth-order valence-electron chi connectivity index (χ4n) is 1.69. The average molecular weight is 225 g/mol. The molecule has 1 heterocycles. The summed E-state index contributed by atoms with van der Waals surface area (Å²) in [7, 11) is 0. The highest BCUT2D eigenvalue weighted by molar-refractivity contribution is 5.73. The number of nitrogens with one attached hydrogen (secondary N) is 1. The molecule has 0 bridgehead atoms. The van der Waals surface area contributed by atoms with E-state index in [0.717, 1.165) is 0 Å². The van der Waals surface area contributed by atoms with Crippen LogP contribution in [0, 0.1) is 5.82 Å². The van der Waals surface area contributed by atoms with Crippen LogP contribution in [0.25, 0.3) is 0 Å². The molecule has 2 rings (SSSR count). The van der Waals surface area contributed by atoms with E-state index < -0.39 is 12.0 Å². The summed E-state index contributed by atoms with van der Waals surface area (Å²) < 4.78 is 18.1. The van der Waals surface area contributed by atoms with Gasteiger partial charge >= 0.3 is 5.97 Å². The van der Waals surface area contributed by atoms with Crippen molar-refractivity contribution in [3.05, 3.63) is 30.1 Å². The number of halogens is 1. The first-order valence-corrected chi connectivity index (χ1v) is 5.03. The summed E-state index contributed by atoms with van der Waals surface area (Å²) in [6, 6.07) is 5.14. The van der Waals surface area contributed by atoms with Gasteiger partial charge in [-0.2, -0.15) is 0 Å². The number of aliphatic carboxylic acids is 1. The van der Waals surface area contributed by atoms with Gasteiger partial charge in [-0.15, -0.1) is 0 Å². The molecule has 4 nitrogen and oxygen atoms in total. The Morgan fingerprint density at radius 1 is 1.44 bits per heavy atom. The molecule has 0 unspecified atom stereocenters. The molecule has 16 heavy (non-hydrogen) atoms. The number of rotatable bonds is 3. The zero-order chi connectivity index (χ0) is 11.5. The highest BCUT2D eigenvalue weighted by Gasteiger charge is 2.30. The van der Waals surface area contributed by atoms with Crippen LogP contribution in [0.5, 0.6) is 5.75 Å². The molecule has 1 fully saturated rings. The molecule has 1 aliphatic heterocycles. The van der Waals surface area contributed by atoms with E-state index in [1.54, 1.807) is 0 Å². The number of carbonyl (C=O) groups is 1. The molecule has 1 saturated heterocycles. The highest BCUT2D eigenvalue weighted by atomic mass is 19.1. The number of benzene rings is 1. The van der Waals surface area contributed by atoms with Crippen molar-refractivity contribution in [1.29, 1.82) is 0 Å². The van der Waals surface area contributed by atoms with Gasteiger partial charge in [0.05, 0.1) is 0 Å². The molecular formula is C11H12FNO3. The van der Waals surface area contributed by atoms with Gasteiger partial charge in [-0.3, -0.25) is 4.79 Å². The summed E-state index contributed by atoms with van der Waals surface area (Å²) in [5, 5.41) is 11.6. The highest BCUT2D eigenvalue weighted by Crippen LogP contribution is 2.17. The first kappa shape index (κ1) is 10.9. The predicted octanol–water partition coefficient (Wildman–Crippen LogP) is 1.02. The third-order valence-electron chi connectivity index (χ3n) is 2.50. The average Bonchev–Trinajstić information content (AvgIpc) is 2.70. The van der Waals surface area contributed by atoms with Crippen molar-refractivity contribution in [3.63, 3.8) is 0 Å². The molecule has 2 atom stereocenters. The van der Waals surface area contributed by atoms with E-state index in [0.29, 0.717) is 18.7 Å². The molecule has 1 aromatic rings. The Morgan fingerprint density at radius 2 is 2.12 bits per heavy atom. The SMILES string of the molecule is O=C(O)[C@@H]1C[C@H](Oc2ccc(F)cc2)CN1. The van der Waals surface area contributed by atoms with Gasteiger partial charge in [-0.1, -0.05) is 0 Å². The van der Waals surface area contributed by atoms with Crippen LogP contribution in [0.1, 0.15) is 6.42 Å². The predicted molar refractivity (Wildman–Crippen MR) is 54.9 cm³/mol. The van der Waals surface area contributed by atoms with Crippen LogP contribution in [-0.4, -0.2) is 29.8 Å². The molecule has 0 spiro atoms. The maximum Gasteiger partial charge on any atom is 0.320 e. The number of hydrogen-bond donors (Lipinski definition) is 2. The molecule has 0 radical (unpaired) electrons. The monoisotopic (exact) mass is 225 g/mol. The fourth-order valence-corrected chi connectivity index (χ4v) is 1.69. The summed E-state index contributed by atoms with van der Waals surface area (Å²) in [6.07, 6.45) is 0.249. The van der Waals surface area contributed by atoms with Crippen molar-refractivity contribution < 1.29 is 19.0 Å². The van der Waals surface area contributed by atoms with Gasteiger partial charge in [0.15, 0.2) is 0 Å². The molecule has 0 aromatic heterocycles. The van der Waals surface area contributed by atoms with Gasteiger partial charge in [0.2, 0.25) is 0 Å². The quantitative estimate of drug-likeness (QED) is 0.806. The van der Waals surface area contributed by atoms with Crippen molar-refractivity contribution in [2.24, 2.45) is 0 Å². The molecule has 0 amide bonds. The smallest absolute Gasteiger partial charge is 0.320 e. The number of hydrogen-bond acceptors (Lipinski definition) is 3. The van der Waals surface area contributed by atoms with E-state index in [9.17, 15) is 9.18 Å². The minimum absolute atomic E-state index is 0.174. The van der Waals surface area contributed by atoms with Gasteiger partial charge in [0.1, 0.15) is 23.7 Å². The molecule has 0 aliphatic carbocycles. The van der Waals surface area contributed by atoms with E-state index in [2.05, 4.69) is 5.32 Å². The van der Waals surface area contributed by atoms with Crippen LogP contribution in [0.3, 0.4) is 0 Å². The summed E-state index contributed by atoms with van der Waals surface area (Å²) >= 11 is 0.